The molecule has 0 spiro atoms. The predicted octanol–water partition coefficient (Wildman–Crippen LogP) is 0.449. The minimum absolute atomic E-state index is 0.136. The van der Waals surface area contributed by atoms with Gasteiger partial charge in [0.25, 0.3) is 0 Å². The van der Waals surface area contributed by atoms with Gasteiger partial charge < -0.3 is 20.0 Å². The number of aliphatic hydroxyl groups excluding tert-OH is 1. The summed E-state index contributed by atoms with van der Waals surface area (Å²) in [4.78, 5) is 31.4. The predicted molar refractivity (Wildman–Crippen MR) is 83.8 cm³/mol. The minimum Gasteiger partial charge on any atom is -0.477 e. The van der Waals surface area contributed by atoms with Crippen LogP contribution in [0.25, 0.3) is 0 Å². The third kappa shape index (κ3) is 2.52. The maximum absolute atomic E-state index is 12.2. The van der Waals surface area contributed by atoms with E-state index in [1.807, 2.05) is 6.34 Å². The Balaban J connectivity index is 1.81. The van der Waals surface area contributed by atoms with Gasteiger partial charge >= 0.3 is 5.97 Å². The summed E-state index contributed by atoms with van der Waals surface area (Å²) >= 11 is 0. The quantitative estimate of drug-likeness (QED) is 0.436. The molecule has 0 radical (unpaired) electrons. The molecule has 0 saturated carbocycles. The van der Waals surface area contributed by atoms with E-state index in [0.717, 1.165) is 25.0 Å². The summed E-state index contributed by atoms with van der Waals surface area (Å²) in [5.41, 5.74) is 0.956. The molecular weight excluding hydrogens is 298 g/mol. The first-order valence-electron chi connectivity index (χ1n) is 8.10. The van der Waals surface area contributed by atoms with Gasteiger partial charge in [-0.05, 0) is 38.2 Å². The van der Waals surface area contributed by atoms with Crippen LogP contribution in [0.15, 0.2) is 16.3 Å². The van der Waals surface area contributed by atoms with Gasteiger partial charge in [-0.15, -0.1) is 0 Å². The zero-order valence-electron chi connectivity index (χ0n) is 13.5. The SMILES string of the molecule is CN=CN1CCC[C@H]1CC1=C(C(=O)O)N2C(=O)[C@H]([C@@H](C)O)[C@H]2C1. The summed E-state index contributed by atoms with van der Waals surface area (Å²) in [6.45, 7) is 2.52. The average molecular weight is 321 g/mol. The number of hydrogen-bond donors (Lipinski definition) is 2. The summed E-state index contributed by atoms with van der Waals surface area (Å²) in [5.74, 6) is -1.79. The highest BCUT2D eigenvalue weighted by Gasteiger charge is 2.56. The third-order valence-corrected chi connectivity index (χ3v) is 5.19. The monoisotopic (exact) mass is 321 g/mol. The van der Waals surface area contributed by atoms with Crippen molar-refractivity contribution in [1.82, 2.24) is 9.80 Å². The Kier molecular flexibility index (Phi) is 4.14. The van der Waals surface area contributed by atoms with Crippen molar-refractivity contribution < 1.29 is 19.8 Å². The molecule has 0 aliphatic carbocycles. The number of carboxylic acid groups (broad SMARTS) is 1. The number of fused-ring (bicyclic) bond motifs is 1. The fourth-order valence-electron chi connectivity index (χ4n) is 4.20. The van der Waals surface area contributed by atoms with Crippen molar-refractivity contribution in [3.8, 4) is 0 Å². The zero-order valence-corrected chi connectivity index (χ0v) is 13.5. The minimum atomic E-state index is -1.05. The lowest BCUT2D eigenvalue weighted by molar-refractivity contribution is -0.161. The molecular formula is C16H23N3O4. The zero-order chi connectivity index (χ0) is 16.7. The van der Waals surface area contributed by atoms with Gasteiger partial charge in [0.15, 0.2) is 0 Å². The van der Waals surface area contributed by atoms with E-state index in [2.05, 4.69) is 9.89 Å². The maximum atomic E-state index is 12.2. The van der Waals surface area contributed by atoms with Crippen molar-refractivity contribution in [3.05, 3.63) is 11.3 Å². The van der Waals surface area contributed by atoms with Crippen LogP contribution in [0.5, 0.6) is 0 Å². The van der Waals surface area contributed by atoms with E-state index in [4.69, 9.17) is 0 Å². The van der Waals surface area contributed by atoms with Crippen LogP contribution in [-0.2, 0) is 9.59 Å². The molecule has 7 nitrogen and oxygen atoms in total. The first-order chi connectivity index (χ1) is 11.0. The van der Waals surface area contributed by atoms with Crippen LogP contribution in [-0.4, -0.2) is 70.0 Å². The molecule has 3 aliphatic heterocycles. The topological polar surface area (TPSA) is 93.4 Å². The fraction of sp³-hybridized carbons (Fsp3) is 0.688. The molecule has 3 rings (SSSR count). The van der Waals surface area contributed by atoms with Crippen molar-refractivity contribution >= 4 is 18.2 Å². The molecule has 0 bridgehead atoms. The molecule has 0 aromatic heterocycles. The molecule has 126 valence electrons. The number of carboxylic acids is 1. The van der Waals surface area contributed by atoms with Crippen molar-refractivity contribution in [1.29, 1.82) is 0 Å². The summed E-state index contributed by atoms with van der Waals surface area (Å²) in [7, 11) is 1.73. The maximum Gasteiger partial charge on any atom is 0.352 e. The van der Waals surface area contributed by atoms with Crippen LogP contribution in [0.1, 0.15) is 32.6 Å². The molecule has 2 fully saturated rings. The van der Waals surface area contributed by atoms with Crippen LogP contribution in [0.4, 0.5) is 0 Å². The number of β-lactam (4-membered cyclic amide) rings is 1. The summed E-state index contributed by atoms with van der Waals surface area (Å²) in [6, 6.07) is 0.0418. The summed E-state index contributed by atoms with van der Waals surface area (Å²) < 4.78 is 0. The molecule has 0 unspecified atom stereocenters. The molecule has 4 atom stereocenters. The first kappa shape index (κ1) is 16.0. The van der Waals surface area contributed by atoms with E-state index in [-0.39, 0.29) is 23.7 Å². The van der Waals surface area contributed by atoms with Gasteiger partial charge in [0, 0.05) is 19.6 Å². The van der Waals surface area contributed by atoms with Gasteiger partial charge in [-0.1, -0.05) is 0 Å². The van der Waals surface area contributed by atoms with E-state index < -0.39 is 18.0 Å². The van der Waals surface area contributed by atoms with Gasteiger partial charge in [-0.3, -0.25) is 9.79 Å². The van der Waals surface area contributed by atoms with Crippen LogP contribution < -0.4 is 0 Å². The Morgan fingerprint density at radius 2 is 2.26 bits per heavy atom. The highest BCUT2D eigenvalue weighted by molar-refractivity contribution is 5.99. The van der Waals surface area contributed by atoms with E-state index in [9.17, 15) is 19.8 Å². The summed E-state index contributed by atoms with van der Waals surface area (Å²) in [5, 5.41) is 19.3. The van der Waals surface area contributed by atoms with E-state index in [1.54, 1.807) is 14.0 Å². The lowest BCUT2D eigenvalue weighted by Gasteiger charge is -2.44. The highest BCUT2D eigenvalue weighted by atomic mass is 16.4. The van der Waals surface area contributed by atoms with E-state index in [1.165, 1.54) is 4.90 Å². The van der Waals surface area contributed by atoms with E-state index >= 15 is 0 Å². The number of amides is 1. The Morgan fingerprint density at radius 3 is 2.87 bits per heavy atom. The Labute approximate surface area is 135 Å². The molecule has 2 saturated heterocycles. The Morgan fingerprint density at radius 1 is 1.52 bits per heavy atom. The van der Waals surface area contributed by atoms with Crippen molar-refractivity contribution in [3.63, 3.8) is 0 Å². The van der Waals surface area contributed by atoms with Gasteiger partial charge in [-0.2, -0.15) is 0 Å². The number of rotatable bonds is 5. The number of aliphatic imine (C=N–C) groups is 1. The summed E-state index contributed by atoms with van der Waals surface area (Å²) in [6.07, 6.45) is 4.33. The molecule has 7 heteroatoms. The van der Waals surface area contributed by atoms with Gasteiger partial charge in [-0.25, -0.2) is 4.79 Å². The standard InChI is InChI=1S/C16H23N3O4/c1-9(20)13-12-7-10(14(16(22)23)19(12)15(13)21)6-11-4-3-5-18(11)8-17-2/h8-9,11-13,20H,3-7H2,1-2H3,(H,22,23)/t9-,11+,12-,13-/m1/s1. The van der Waals surface area contributed by atoms with Crippen molar-refractivity contribution in [2.24, 2.45) is 10.9 Å². The van der Waals surface area contributed by atoms with Gasteiger partial charge in [0.1, 0.15) is 5.70 Å². The second kappa shape index (κ2) is 5.96. The van der Waals surface area contributed by atoms with Gasteiger partial charge in [0.05, 0.1) is 24.4 Å². The van der Waals surface area contributed by atoms with Crippen LogP contribution in [0.3, 0.4) is 0 Å². The van der Waals surface area contributed by atoms with Crippen molar-refractivity contribution in [2.75, 3.05) is 13.6 Å². The second-order valence-corrected chi connectivity index (χ2v) is 6.62. The Hall–Kier alpha value is -1.89. The number of aliphatic carboxylic acids is 1. The third-order valence-electron chi connectivity index (χ3n) is 5.19. The highest BCUT2D eigenvalue weighted by Crippen LogP contribution is 2.45. The van der Waals surface area contributed by atoms with Crippen LogP contribution in [0, 0.1) is 5.92 Å². The molecule has 2 N–H and O–H groups in total. The molecule has 3 aliphatic rings. The fourth-order valence-corrected chi connectivity index (χ4v) is 4.20. The normalized spacial score (nSPS) is 31.8. The average Bonchev–Trinajstić information content (AvgIpc) is 3.02. The number of carbonyl (C=O) groups is 2. The van der Waals surface area contributed by atoms with Crippen LogP contribution >= 0.6 is 0 Å². The largest absolute Gasteiger partial charge is 0.477 e. The molecule has 0 aromatic carbocycles. The molecule has 0 aromatic rings. The number of carbonyl (C=O) groups excluding carboxylic acids is 1. The lowest BCUT2D eigenvalue weighted by Crippen LogP contribution is -2.61. The van der Waals surface area contributed by atoms with Gasteiger partial charge in [0.2, 0.25) is 5.91 Å². The lowest BCUT2D eigenvalue weighted by atomic mass is 9.82. The number of nitrogens with zero attached hydrogens (tertiary/aromatic N) is 3. The molecule has 3 heterocycles. The van der Waals surface area contributed by atoms with E-state index in [0.29, 0.717) is 12.8 Å². The Bertz CT molecular complexity index is 584. The van der Waals surface area contributed by atoms with Crippen molar-refractivity contribution in [2.45, 2.75) is 50.8 Å². The molecule has 23 heavy (non-hydrogen) atoms. The smallest absolute Gasteiger partial charge is 0.352 e. The second-order valence-electron chi connectivity index (χ2n) is 6.62. The number of likely N-dealkylation sites (tertiary alicyclic amines) is 1. The first-order valence-corrected chi connectivity index (χ1v) is 8.10. The number of aliphatic hydroxyl groups is 1. The van der Waals surface area contributed by atoms with Crippen LogP contribution in [0.2, 0.25) is 0 Å². The molecule has 1 amide bonds. The number of hydrogen-bond acceptors (Lipinski definition) is 4.